The van der Waals surface area contributed by atoms with Crippen LogP contribution in [-0.2, 0) is 10.0 Å². The van der Waals surface area contributed by atoms with E-state index in [2.05, 4.69) is 0 Å². The zero-order chi connectivity index (χ0) is 15.7. The summed E-state index contributed by atoms with van der Waals surface area (Å²) in [6, 6.07) is 3.94. The summed E-state index contributed by atoms with van der Waals surface area (Å²) in [6.07, 6.45) is 0. The maximum Gasteiger partial charge on any atom is 0.335 e. The number of carboxylic acids is 1. The first kappa shape index (κ1) is 16.6. The van der Waals surface area contributed by atoms with Crippen molar-refractivity contribution in [2.75, 3.05) is 13.6 Å². The minimum absolute atomic E-state index is 0.0530. The van der Waals surface area contributed by atoms with Crippen molar-refractivity contribution in [2.45, 2.75) is 31.3 Å². The topological polar surface area (TPSA) is 94.9 Å². The number of carbonyl (C=O) groups is 1. The fraction of sp³-hybridized carbons (Fsp3) is 0.462. The number of rotatable bonds is 5. The van der Waals surface area contributed by atoms with E-state index in [4.69, 9.17) is 5.11 Å². The average Bonchev–Trinajstić information content (AvgIpc) is 2.26. The summed E-state index contributed by atoms with van der Waals surface area (Å²) >= 11 is 0. The number of aliphatic hydroxyl groups is 1. The maximum absolute atomic E-state index is 12.3. The number of nitrogens with zero attached hydrogens (tertiary/aromatic N) is 1. The molecule has 0 unspecified atom stereocenters. The third kappa shape index (κ3) is 3.78. The van der Waals surface area contributed by atoms with Crippen LogP contribution >= 0.6 is 0 Å². The van der Waals surface area contributed by atoms with E-state index < -0.39 is 21.6 Å². The van der Waals surface area contributed by atoms with E-state index >= 15 is 0 Å². The third-order valence-electron chi connectivity index (χ3n) is 2.76. The Bertz CT molecular complexity index is 616. The van der Waals surface area contributed by atoms with Crippen molar-refractivity contribution in [1.82, 2.24) is 4.31 Å². The summed E-state index contributed by atoms with van der Waals surface area (Å²) in [7, 11) is -2.49. The SMILES string of the molecule is Cc1ccc(S(=O)(=O)N(C)CC(C)(C)O)cc1C(=O)O. The monoisotopic (exact) mass is 301 g/mol. The Balaban J connectivity index is 3.23. The number of hydrogen-bond donors (Lipinski definition) is 2. The Morgan fingerprint density at radius 3 is 2.35 bits per heavy atom. The number of carboxylic acid groups (broad SMARTS) is 1. The van der Waals surface area contributed by atoms with Gasteiger partial charge in [-0.2, -0.15) is 4.31 Å². The minimum atomic E-state index is -3.83. The summed E-state index contributed by atoms with van der Waals surface area (Å²) in [5, 5.41) is 18.7. The summed E-state index contributed by atoms with van der Waals surface area (Å²) in [5.41, 5.74) is -0.744. The van der Waals surface area contributed by atoms with Crippen molar-refractivity contribution in [3.63, 3.8) is 0 Å². The van der Waals surface area contributed by atoms with Gasteiger partial charge in [0.1, 0.15) is 0 Å². The molecule has 2 N–H and O–H groups in total. The molecule has 0 saturated carbocycles. The van der Waals surface area contributed by atoms with Gasteiger partial charge in [-0.1, -0.05) is 6.07 Å². The number of aromatic carboxylic acids is 1. The van der Waals surface area contributed by atoms with Crippen LogP contribution in [0.25, 0.3) is 0 Å². The standard InChI is InChI=1S/C13H19NO5S/c1-9-5-6-10(7-11(9)12(15)16)20(18,19)14(4)8-13(2,3)17/h5-7,17H,8H2,1-4H3,(H,15,16). The van der Waals surface area contributed by atoms with Crippen LogP contribution in [0.15, 0.2) is 23.1 Å². The lowest BCUT2D eigenvalue weighted by Gasteiger charge is -2.25. The molecule has 0 heterocycles. The van der Waals surface area contributed by atoms with E-state index in [1.54, 1.807) is 6.92 Å². The van der Waals surface area contributed by atoms with Crippen molar-refractivity contribution in [1.29, 1.82) is 0 Å². The predicted molar refractivity (Wildman–Crippen MR) is 74.3 cm³/mol. The molecular weight excluding hydrogens is 282 g/mol. The van der Waals surface area contributed by atoms with Gasteiger partial charge in [0.15, 0.2) is 0 Å². The van der Waals surface area contributed by atoms with Gasteiger partial charge in [0.2, 0.25) is 10.0 Å². The first-order valence-electron chi connectivity index (χ1n) is 5.98. The van der Waals surface area contributed by atoms with Crippen LogP contribution in [0.3, 0.4) is 0 Å². The van der Waals surface area contributed by atoms with Crippen molar-refractivity contribution >= 4 is 16.0 Å². The van der Waals surface area contributed by atoms with Crippen LogP contribution in [0.2, 0.25) is 0 Å². The molecule has 0 aromatic heterocycles. The Labute approximate surface area is 118 Å². The lowest BCUT2D eigenvalue weighted by molar-refractivity contribution is 0.0638. The van der Waals surface area contributed by atoms with Crippen molar-refractivity contribution in [3.05, 3.63) is 29.3 Å². The molecule has 0 spiro atoms. The molecule has 1 aromatic carbocycles. The second-order valence-electron chi connectivity index (χ2n) is 5.36. The van der Waals surface area contributed by atoms with Gasteiger partial charge in [0.25, 0.3) is 0 Å². The Hall–Kier alpha value is -1.44. The lowest BCUT2D eigenvalue weighted by Crippen LogP contribution is -2.39. The quantitative estimate of drug-likeness (QED) is 0.848. The van der Waals surface area contributed by atoms with Crippen LogP contribution in [-0.4, -0.2) is 48.1 Å². The highest BCUT2D eigenvalue weighted by molar-refractivity contribution is 7.89. The Morgan fingerprint density at radius 1 is 1.35 bits per heavy atom. The first-order chi connectivity index (χ1) is 8.95. The molecule has 6 nitrogen and oxygen atoms in total. The second kappa shape index (κ2) is 5.51. The molecule has 0 atom stereocenters. The molecule has 112 valence electrons. The van der Waals surface area contributed by atoms with Crippen molar-refractivity contribution in [2.24, 2.45) is 0 Å². The van der Waals surface area contributed by atoms with E-state index in [9.17, 15) is 18.3 Å². The first-order valence-corrected chi connectivity index (χ1v) is 7.42. The highest BCUT2D eigenvalue weighted by atomic mass is 32.2. The number of sulfonamides is 1. The third-order valence-corrected chi connectivity index (χ3v) is 4.56. The van der Waals surface area contributed by atoms with Gasteiger partial charge in [0, 0.05) is 13.6 Å². The molecule has 0 radical (unpaired) electrons. The number of aryl methyl sites for hydroxylation is 1. The molecule has 1 aromatic rings. The van der Waals surface area contributed by atoms with Crippen molar-refractivity contribution in [3.8, 4) is 0 Å². The van der Waals surface area contributed by atoms with Gasteiger partial charge in [0.05, 0.1) is 16.1 Å². The summed E-state index contributed by atoms with van der Waals surface area (Å²) < 4.78 is 25.6. The molecule has 0 fully saturated rings. The summed E-state index contributed by atoms with van der Waals surface area (Å²) in [4.78, 5) is 10.9. The predicted octanol–water partition coefficient (Wildman–Crippen LogP) is 1.08. The highest BCUT2D eigenvalue weighted by Gasteiger charge is 2.27. The largest absolute Gasteiger partial charge is 0.478 e. The number of hydrogen-bond acceptors (Lipinski definition) is 4. The fourth-order valence-electron chi connectivity index (χ4n) is 1.80. The molecule has 0 saturated heterocycles. The van der Waals surface area contributed by atoms with Gasteiger partial charge in [-0.15, -0.1) is 0 Å². The fourth-order valence-corrected chi connectivity index (χ4v) is 3.15. The minimum Gasteiger partial charge on any atom is -0.478 e. The van der Waals surface area contributed by atoms with Crippen LogP contribution in [0.5, 0.6) is 0 Å². The van der Waals surface area contributed by atoms with E-state index in [0.29, 0.717) is 5.56 Å². The molecule has 20 heavy (non-hydrogen) atoms. The Kier molecular flexibility index (Phi) is 4.58. The van der Waals surface area contributed by atoms with Crippen molar-refractivity contribution < 1.29 is 23.4 Å². The zero-order valence-electron chi connectivity index (χ0n) is 11.9. The second-order valence-corrected chi connectivity index (χ2v) is 7.40. The summed E-state index contributed by atoms with van der Waals surface area (Å²) in [5.74, 6) is -1.18. The van der Waals surface area contributed by atoms with Gasteiger partial charge in [-0.05, 0) is 38.5 Å². The molecule has 7 heteroatoms. The van der Waals surface area contributed by atoms with Gasteiger partial charge in [-0.3, -0.25) is 0 Å². The lowest BCUT2D eigenvalue weighted by atomic mass is 10.1. The normalized spacial score (nSPS) is 12.7. The van der Waals surface area contributed by atoms with E-state index in [-0.39, 0.29) is 17.0 Å². The number of likely N-dealkylation sites (N-methyl/N-ethyl adjacent to an activating group) is 1. The molecule has 0 aliphatic carbocycles. The van der Waals surface area contributed by atoms with Crippen LogP contribution in [0, 0.1) is 6.92 Å². The highest BCUT2D eigenvalue weighted by Crippen LogP contribution is 2.20. The zero-order valence-corrected chi connectivity index (χ0v) is 12.7. The average molecular weight is 301 g/mol. The van der Waals surface area contributed by atoms with Gasteiger partial charge in [-0.25, -0.2) is 13.2 Å². The maximum atomic E-state index is 12.3. The van der Waals surface area contributed by atoms with E-state index in [0.717, 1.165) is 10.4 Å². The smallest absolute Gasteiger partial charge is 0.335 e. The van der Waals surface area contributed by atoms with E-state index in [1.165, 1.54) is 33.0 Å². The molecule has 0 aliphatic rings. The van der Waals surface area contributed by atoms with Gasteiger partial charge >= 0.3 is 5.97 Å². The van der Waals surface area contributed by atoms with Crippen LogP contribution < -0.4 is 0 Å². The molecular formula is C13H19NO5S. The molecule has 0 amide bonds. The molecule has 1 rings (SSSR count). The van der Waals surface area contributed by atoms with Crippen LogP contribution in [0.1, 0.15) is 29.8 Å². The molecule has 0 bridgehead atoms. The summed E-state index contributed by atoms with van der Waals surface area (Å²) in [6.45, 7) is 4.50. The van der Waals surface area contributed by atoms with Gasteiger partial charge < -0.3 is 10.2 Å². The van der Waals surface area contributed by atoms with E-state index in [1.807, 2.05) is 0 Å². The Morgan fingerprint density at radius 2 is 1.90 bits per heavy atom. The number of benzene rings is 1. The van der Waals surface area contributed by atoms with Crippen LogP contribution in [0.4, 0.5) is 0 Å². The molecule has 0 aliphatic heterocycles.